The smallest absolute Gasteiger partial charge is 0.327 e. The summed E-state index contributed by atoms with van der Waals surface area (Å²) in [6.45, 7) is 2.02. The molecule has 3 atom stereocenters. The van der Waals surface area contributed by atoms with Crippen molar-refractivity contribution in [2.45, 2.75) is 69.9 Å². The quantitative estimate of drug-likeness (QED) is 0.302. The first kappa shape index (κ1) is 25.5. The van der Waals surface area contributed by atoms with Crippen molar-refractivity contribution in [3.63, 3.8) is 0 Å². The van der Waals surface area contributed by atoms with E-state index in [1.807, 2.05) is 37.3 Å². The number of likely N-dealkylation sites (tertiary alicyclic amines) is 1. The molecule has 1 aromatic rings. The molecule has 0 radical (unpaired) electrons. The zero-order valence-electron chi connectivity index (χ0n) is 18.3. The number of benzene rings is 1. The molecule has 0 aromatic heterocycles. The molecule has 1 aliphatic heterocycles. The molecule has 1 amide bonds. The Morgan fingerprint density at radius 1 is 1.25 bits per heavy atom. The minimum atomic E-state index is -3.41. The third kappa shape index (κ3) is 8.08. The van der Waals surface area contributed by atoms with Gasteiger partial charge in [-0.15, -0.1) is 0 Å². The number of aliphatic hydroxyl groups excluding tert-OH is 1. The van der Waals surface area contributed by atoms with Crippen molar-refractivity contribution >= 4 is 11.9 Å². The van der Waals surface area contributed by atoms with E-state index >= 15 is 0 Å². The third-order valence-electron chi connectivity index (χ3n) is 5.52. The molecule has 0 aliphatic carbocycles. The molecule has 1 fully saturated rings. The lowest BCUT2D eigenvalue weighted by atomic mass is 9.99. The molecule has 1 aliphatic rings. The van der Waals surface area contributed by atoms with E-state index in [4.69, 9.17) is 5.11 Å². The van der Waals surface area contributed by atoms with E-state index in [1.165, 1.54) is 17.1 Å². The summed E-state index contributed by atoms with van der Waals surface area (Å²) >= 11 is 0. The molecule has 0 saturated carbocycles. The number of alkyl halides is 2. The van der Waals surface area contributed by atoms with Gasteiger partial charge in [0.1, 0.15) is 0 Å². The van der Waals surface area contributed by atoms with Crippen LogP contribution in [0.4, 0.5) is 8.78 Å². The number of carbonyl (C=O) groups excluding carboxylic acids is 1. The maximum Gasteiger partial charge on any atom is 0.327 e. The molecule has 32 heavy (non-hydrogen) atoms. The summed E-state index contributed by atoms with van der Waals surface area (Å²) < 4.78 is 28.0. The van der Waals surface area contributed by atoms with Crippen LogP contribution in [0.3, 0.4) is 0 Å². The van der Waals surface area contributed by atoms with Gasteiger partial charge in [0.25, 0.3) is 5.91 Å². The highest BCUT2D eigenvalue weighted by atomic mass is 19.3. The first-order valence-electron chi connectivity index (χ1n) is 11.0. The normalized spacial score (nSPS) is 19.6. The van der Waals surface area contributed by atoms with Crippen LogP contribution in [0.1, 0.15) is 57.4 Å². The molecule has 2 unspecified atom stereocenters. The number of rotatable bonds is 11. The third-order valence-corrected chi connectivity index (χ3v) is 5.52. The second kappa shape index (κ2) is 12.4. The van der Waals surface area contributed by atoms with Crippen LogP contribution in [0, 0.1) is 17.8 Å². The first-order valence-corrected chi connectivity index (χ1v) is 11.0. The van der Waals surface area contributed by atoms with E-state index in [2.05, 4.69) is 11.8 Å². The maximum absolute atomic E-state index is 14.0. The average molecular weight is 448 g/mol. The van der Waals surface area contributed by atoms with Crippen molar-refractivity contribution in [3.05, 3.63) is 48.0 Å². The van der Waals surface area contributed by atoms with Gasteiger partial charge in [-0.25, -0.2) is 0 Å². The number of amides is 1. The number of halogens is 2. The highest BCUT2D eigenvalue weighted by Crippen LogP contribution is 2.34. The van der Waals surface area contributed by atoms with E-state index in [9.17, 15) is 23.5 Å². The molecule has 1 heterocycles. The summed E-state index contributed by atoms with van der Waals surface area (Å²) in [5.41, 5.74) is 0.884. The van der Waals surface area contributed by atoms with Gasteiger partial charge in [-0.3, -0.25) is 9.59 Å². The van der Waals surface area contributed by atoms with Gasteiger partial charge in [-0.2, -0.15) is 8.78 Å². The molecule has 2 rings (SSSR count). The van der Waals surface area contributed by atoms with Crippen LogP contribution in [-0.4, -0.2) is 51.6 Å². The first-order chi connectivity index (χ1) is 15.2. The fraction of sp³-hybridized carbons (Fsp3) is 0.520. The number of hydrogen-bond acceptors (Lipinski definition) is 3. The summed E-state index contributed by atoms with van der Waals surface area (Å²) in [5, 5.41) is 19.0. The van der Waals surface area contributed by atoms with Crippen LogP contribution in [0.25, 0.3) is 0 Å². The molecule has 1 aromatic carbocycles. The highest BCUT2D eigenvalue weighted by molar-refractivity contribution is 5.86. The standard InChI is InChI=1S/C25H31F2NO4/c1-19(10-9-13-20-11-5-4-6-12-20)22(29)16-15-21-18-25(26,27)24(32)28(21)17-8-3-2-7-14-23(30)31/h4-6,11-12,15-16,19,21-22,29H,2-3,7-8,10,14,17-18H2,1H3,(H,30,31)/b16-15+/t19?,21-,22?/m0/s1. The number of aliphatic hydroxyl groups is 1. The van der Waals surface area contributed by atoms with Crippen LogP contribution >= 0.6 is 0 Å². The van der Waals surface area contributed by atoms with Crippen molar-refractivity contribution < 1.29 is 28.6 Å². The van der Waals surface area contributed by atoms with Gasteiger partial charge < -0.3 is 15.1 Å². The fourth-order valence-electron chi connectivity index (χ4n) is 3.56. The van der Waals surface area contributed by atoms with Crippen molar-refractivity contribution in [3.8, 4) is 11.8 Å². The average Bonchev–Trinajstić information content (AvgIpc) is 2.97. The summed E-state index contributed by atoms with van der Waals surface area (Å²) in [6.07, 6.45) is 4.43. The van der Waals surface area contributed by atoms with E-state index in [1.54, 1.807) is 0 Å². The van der Waals surface area contributed by atoms with Gasteiger partial charge >= 0.3 is 11.9 Å². The van der Waals surface area contributed by atoms with E-state index in [0.29, 0.717) is 32.1 Å². The predicted molar refractivity (Wildman–Crippen MR) is 118 cm³/mol. The van der Waals surface area contributed by atoms with E-state index in [0.717, 1.165) is 5.56 Å². The minimum absolute atomic E-state index is 0.0812. The van der Waals surface area contributed by atoms with Gasteiger partial charge in [0.05, 0.1) is 12.1 Å². The lowest BCUT2D eigenvalue weighted by Crippen LogP contribution is -2.36. The van der Waals surface area contributed by atoms with Crippen molar-refractivity contribution in [1.29, 1.82) is 0 Å². The lowest BCUT2D eigenvalue weighted by Gasteiger charge is -2.22. The lowest BCUT2D eigenvalue weighted by molar-refractivity contribution is -0.148. The molecule has 0 bridgehead atoms. The minimum Gasteiger partial charge on any atom is -0.481 e. The van der Waals surface area contributed by atoms with Crippen LogP contribution in [0.2, 0.25) is 0 Å². The van der Waals surface area contributed by atoms with E-state index in [-0.39, 0.29) is 18.9 Å². The Morgan fingerprint density at radius 2 is 1.94 bits per heavy atom. The van der Waals surface area contributed by atoms with Crippen LogP contribution in [-0.2, 0) is 9.59 Å². The zero-order chi connectivity index (χ0) is 23.6. The fourth-order valence-corrected chi connectivity index (χ4v) is 3.56. The summed E-state index contributed by atoms with van der Waals surface area (Å²) in [7, 11) is 0. The zero-order valence-corrected chi connectivity index (χ0v) is 18.3. The number of carbonyl (C=O) groups is 2. The molecule has 5 nitrogen and oxygen atoms in total. The number of carboxylic acid groups (broad SMARTS) is 1. The van der Waals surface area contributed by atoms with Crippen LogP contribution < -0.4 is 0 Å². The van der Waals surface area contributed by atoms with Crippen molar-refractivity contribution in [2.24, 2.45) is 5.92 Å². The Hall–Kier alpha value is -2.72. The Bertz CT molecular complexity index is 844. The van der Waals surface area contributed by atoms with Crippen LogP contribution in [0.15, 0.2) is 42.5 Å². The molecular weight excluding hydrogens is 416 g/mol. The number of nitrogens with zero attached hydrogens (tertiary/aromatic N) is 1. The summed E-state index contributed by atoms with van der Waals surface area (Å²) in [6, 6.07) is 8.71. The predicted octanol–water partition coefficient (Wildman–Crippen LogP) is 4.25. The Kier molecular flexibility index (Phi) is 9.86. The SMILES string of the molecule is CC(CC#Cc1ccccc1)C(O)/C=C/[C@H]1CC(F)(F)C(=O)N1CCCCCCC(=O)O. The monoisotopic (exact) mass is 447 g/mol. The van der Waals surface area contributed by atoms with Gasteiger partial charge in [-0.05, 0) is 30.9 Å². The molecule has 7 heteroatoms. The number of unbranched alkanes of at least 4 members (excludes halogenated alkanes) is 3. The Labute approximate surface area is 188 Å². The topological polar surface area (TPSA) is 77.8 Å². The Balaban J connectivity index is 1.87. The van der Waals surface area contributed by atoms with Gasteiger partial charge in [-0.1, -0.05) is 62.0 Å². The van der Waals surface area contributed by atoms with Crippen molar-refractivity contribution in [2.75, 3.05) is 6.54 Å². The largest absolute Gasteiger partial charge is 0.481 e. The van der Waals surface area contributed by atoms with Gasteiger partial charge in [0.2, 0.25) is 0 Å². The number of hydrogen-bond donors (Lipinski definition) is 2. The summed E-state index contributed by atoms with van der Waals surface area (Å²) in [5.74, 6) is 0.408. The second-order valence-electron chi connectivity index (χ2n) is 8.26. The highest BCUT2D eigenvalue weighted by Gasteiger charge is 2.52. The number of carboxylic acids is 1. The van der Waals surface area contributed by atoms with Gasteiger partial charge in [0, 0.05) is 31.4 Å². The molecule has 174 valence electrons. The maximum atomic E-state index is 14.0. The molecule has 1 saturated heterocycles. The van der Waals surface area contributed by atoms with E-state index < -0.39 is 36.4 Å². The van der Waals surface area contributed by atoms with Gasteiger partial charge in [0.15, 0.2) is 0 Å². The second-order valence-corrected chi connectivity index (χ2v) is 8.26. The molecule has 0 spiro atoms. The van der Waals surface area contributed by atoms with Crippen LogP contribution in [0.5, 0.6) is 0 Å². The Morgan fingerprint density at radius 3 is 2.62 bits per heavy atom. The summed E-state index contributed by atoms with van der Waals surface area (Å²) in [4.78, 5) is 23.8. The molecule has 2 N–H and O–H groups in total. The molecular formula is C25H31F2NO4. The van der Waals surface area contributed by atoms with Crippen molar-refractivity contribution in [1.82, 2.24) is 4.90 Å². The number of aliphatic carboxylic acids is 1.